The molecule has 146 valence electrons. The standard InChI is InChI=1S/C20H28N2O2.2ClH/c1-21(2)18-11-10-16-13-22(3)14-17(18)20(16)24-19(23)12-9-15-7-5-4-6-8-15;;/h4-9,12,16-18,20H,10-11,13-14H2,1-3H3;2*1H/b12-9+;;/t16?,17?,18-,20+;;/m1../s1. The van der Waals surface area contributed by atoms with Crippen LogP contribution < -0.4 is 0 Å². The normalized spacial score (nSPS) is 28.3. The molecule has 0 spiro atoms. The van der Waals surface area contributed by atoms with E-state index >= 15 is 0 Å². The van der Waals surface area contributed by atoms with Crippen molar-refractivity contribution in [2.75, 3.05) is 34.2 Å². The topological polar surface area (TPSA) is 32.8 Å². The zero-order chi connectivity index (χ0) is 17.1. The summed E-state index contributed by atoms with van der Waals surface area (Å²) in [6.45, 7) is 2.02. The van der Waals surface area contributed by atoms with Gasteiger partial charge in [0, 0.05) is 37.0 Å². The molecule has 1 aromatic carbocycles. The van der Waals surface area contributed by atoms with Gasteiger partial charge in [0.2, 0.25) is 0 Å². The number of benzene rings is 1. The molecule has 0 N–H and O–H groups in total. The second kappa shape index (κ2) is 10.3. The van der Waals surface area contributed by atoms with Crippen LogP contribution in [0, 0.1) is 11.8 Å². The summed E-state index contributed by atoms with van der Waals surface area (Å²) in [6.07, 6.45) is 5.76. The number of nitrogens with zero attached hydrogens (tertiary/aromatic N) is 2. The minimum Gasteiger partial charge on any atom is -0.458 e. The number of piperidine rings is 1. The third-order valence-corrected chi connectivity index (χ3v) is 5.41. The van der Waals surface area contributed by atoms with Crippen LogP contribution in [0.2, 0.25) is 0 Å². The van der Waals surface area contributed by atoms with Gasteiger partial charge in [0.1, 0.15) is 6.10 Å². The molecule has 1 aliphatic heterocycles. The SMILES string of the molecule is CN1CC2CC[C@@H](N(C)C)C(C1)[C@H]2OC(=O)/C=C/c1ccccc1.Cl.Cl. The molecule has 1 aliphatic carbocycles. The van der Waals surface area contributed by atoms with Crippen LogP contribution in [0.4, 0.5) is 0 Å². The summed E-state index contributed by atoms with van der Waals surface area (Å²) in [5.41, 5.74) is 1.02. The molecule has 1 saturated heterocycles. The van der Waals surface area contributed by atoms with Crippen molar-refractivity contribution in [3.05, 3.63) is 42.0 Å². The van der Waals surface area contributed by atoms with Gasteiger partial charge < -0.3 is 14.5 Å². The molecule has 4 atom stereocenters. The van der Waals surface area contributed by atoms with Crippen molar-refractivity contribution in [2.45, 2.75) is 25.0 Å². The first-order chi connectivity index (χ1) is 11.5. The lowest BCUT2D eigenvalue weighted by Crippen LogP contribution is -2.59. The first-order valence-corrected chi connectivity index (χ1v) is 8.83. The minimum absolute atomic E-state index is 0. The van der Waals surface area contributed by atoms with Crippen LogP contribution in [0.3, 0.4) is 0 Å². The van der Waals surface area contributed by atoms with Gasteiger partial charge in [0.25, 0.3) is 0 Å². The Morgan fingerprint density at radius 2 is 1.85 bits per heavy atom. The summed E-state index contributed by atoms with van der Waals surface area (Å²) in [5, 5.41) is 0. The van der Waals surface area contributed by atoms with Crippen LogP contribution in [0.25, 0.3) is 6.08 Å². The maximum Gasteiger partial charge on any atom is 0.331 e. The summed E-state index contributed by atoms with van der Waals surface area (Å²) in [4.78, 5) is 17.0. The van der Waals surface area contributed by atoms with Gasteiger partial charge in [-0.3, -0.25) is 0 Å². The molecule has 0 radical (unpaired) electrons. The zero-order valence-corrected chi connectivity index (χ0v) is 17.3. The van der Waals surface area contributed by atoms with Crippen molar-refractivity contribution in [3.63, 3.8) is 0 Å². The third kappa shape index (κ3) is 5.46. The predicted molar refractivity (Wildman–Crippen MR) is 111 cm³/mol. The van der Waals surface area contributed by atoms with E-state index in [1.807, 2.05) is 36.4 Å². The van der Waals surface area contributed by atoms with E-state index in [2.05, 4.69) is 30.9 Å². The van der Waals surface area contributed by atoms with Gasteiger partial charge in [-0.2, -0.15) is 0 Å². The minimum atomic E-state index is -0.220. The molecule has 0 aromatic heterocycles. The van der Waals surface area contributed by atoms with Crippen molar-refractivity contribution in [1.29, 1.82) is 0 Å². The number of hydrogen-bond donors (Lipinski definition) is 0. The van der Waals surface area contributed by atoms with E-state index in [1.54, 1.807) is 6.08 Å². The lowest BCUT2D eigenvalue weighted by molar-refractivity contribution is -0.161. The Bertz CT molecular complexity index is 595. The molecule has 2 bridgehead atoms. The van der Waals surface area contributed by atoms with Crippen LogP contribution in [0.1, 0.15) is 18.4 Å². The molecule has 4 nitrogen and oxygen atoms in total. The second-order valence-corrected chi connectivity index (χ2v) is 7.40. The summed E-state index contributed by atoms with van der Waals surface area (Å²) in [7, 11) is 6.44. The van der Waals surface area contributed by atoms with Gasteiger partial charge in [-0.1, -0.05) is 30.3 Å². The molecular formula is C20H30Cl2N2O2. The van der Waals surface area contributed by atoms with Crippen molar-refractivity contribution >= 4 is 36.9 Å². The van der Waals surface area contributed by atoms with E-state index in [1.165, 1.54) is 6.42 Å². The number of hydrogen-bond acceptors (Lipinski definition) is 4. The highest BCUT2D eigenvalue weighted by atomic mass is 35.5. The van der Waals surface area contributed by atoms with Gasteiger partial charge in [0.15, 0.2) is 0 Å². The average molecular weight is 401 g/mol. The van der Waals surface area contributed by atoms with Crippen molar-refractivity contribution in [3.8, 4) is 0 Å². The number of likely N-dealkylation sites (tertiary alicyclic amines) is 1. The highest BCUT2D eigenvalue weighted by Gasteiger charge is 2.46. The Hall–Kier alpha value is -1.07. The molecule has 26 heavy (non-hydrogen) atoms. The number of carbonyl (C=O) groups is 1. The Balaban J connectivity index is 0.00000169. The molecule has 0 amide bonds. The van der Waals surface area contributed by atoms with Crippen molar-refractivity contribution in [1.82, 2.24) is 9.80 Å². The number of carbonyl (C=O) groups excluding carboxylic acids is 1. The van der Waals surface area contributed by atoms with Gasteiger partial charge in [-0.25, -0.2) is 4.79 Å². The molecule has 1 saturated carbocycles. The fourth-order valence-electron chi connectivity index (χ4n) is 4.31. The lowest BCUT2D eigenvalue weighted by atomic mass is 9.72. The number of rotatable bonds is 4. The fraction of sp³-hybridized carbons (Fsp3) is 0.550. The number of ether oxygens (including phenoxy) is 1. The molecule has 6 heteroatoms. The summed E-state index contributed by atoms with van der Waals surface area (Å²) in [5.74, 6) is 0.633. The van der Waals surface area contributed by atoms with E-state index in [9.17, 15) is 4.79 Å². The number of esters is 1. The van der Waals surface area contributed by atoms with E-state index in [0.29, 0.717) is 17.9 Å². The monoisotopic (exact) mass is 400 g/mol. The van der Waals surface area contributed by atoms with Crippen LogP contribution in [0.5, 0.6) is 0 Å². The Morgan fingerprint density at radius 3 is 2.50 bits per heavy atom. The van der Waals surface area contributed by atoms with Gasteiger partial charge >= 0.3 is 5.97 Å². The Labute approximate surface area is 169 Å². The maximum atomic E-state index is 12.3. The molecule has 2 aliphatic rings. The predicted octanol–water partition coefficient (Wildman–Crippen LogP) is 3.36. The lowest BCUT2D eigenvalue weighted by Gasteiger charge is -2.50. The third-order valence-electron chi connectivity index (χ3n) is 5.41. The van der Waals surface area contributed by atoms with Crippen LogP contribution in [0.15, 0.2) is 36.4 Å². The van der Waals surface area contributed by atoms with Crippen LogP contribution >= 0.6 is 24.8 Å². The van der Waals surface area contributed by atoms with Crippen LogP contribution in [-0.2, 0) is 9.53 Å². The molecule has 1 aromatic rings. The first-order valence-electron chi connectivity index (χ1n) is 8.83. The zero-order valence-electron chi connectivity index (χ0n) is 15.7. The molecule has 3 rings (SSSR count). The Morgan fingerprint density at radius 1 is 1.15 bits per heavy atom. The number of fused-ring (bicyclic) bond motifs is 2. The molecule has 2 unspecified atom stereocenters. The van der Waals surface area contributed by atoms with Crippen LogP contribution in [-0.4, -0.2) is 62.1 Å². The largest absolute Gasteiger partial charge is 0.458 e. The molecule has 1 heterocycles. The highest BCUT2D eigenvalue weighted by molar-refractivity contribution is 5.87. The van der Waals surface area contributed by atoms with Crippen molar-refractivity contribution in [2.24, 2.45) is 11.8 Å². The van der Waals surface area contributed by atoms with Gasteiger partial charge in [0.05, 0.1) is 0 Å². The van der Waals surface area contributed by atoms with E-state index in [-0.39, 0.29) is 36.9 Å². The summed E-state index contributed by atoms with van der Waals surface area (Å²) >= 11 is 0. The van der Waals surface area contributed by atoms with E-state index in [4.69, 9.17) is 4.74 Å². The average Bonchev–Trinajstić information content (AvgIpc) is 2.54. The van der Waals surface area contributed by atoms with Gasteiger partial charge in [-0.05, 0) is 45.6 Å². The van der Waals surface area contributed by atoms with E-state index in [0.717, 1.165) is 25.1 Å². The summed E-state index contributed by atoms with van der Waals surface area (Å²) < 4.78 is 5.93. The summed E-state index contributed by atoms with van der Waals surface area (Å²) in [6, 6.07) is 10.4. The first kappa shape index (κ1) is 23.0. The van der Waals surface area contributed by atoms with E-state index < -0.39 is 0 Å². The number of halogens is 2. The molecular weight excluding hydrogens is 371 g/mol. The van der Waals surface area contributed by atoms with Gasteiger partial charge in [-0.15, -0.1) is 24.8 Å². The fourth-order valence-corrected chi connectivity index (χ4v) is 4.31. The molecule has 2 fully saturated rings. The maximum absolute atomic E-state index is 12.3. The quantitative estimate of drug-likeness (QED) is 0.572. The second-order valence-electron chi connectivity index (χ2n) is 7.40. The van der Waals surface area contributed by atoms with Crippen molar-refractivity contribution < 1.29 is 9.53 Å². The Kier molecular flexibility index (Phi) is 9.11. The highest BCUT2D eigenvalue weighted by Crippen LogP contribution is 2.38. The smallest absolute Gasteiger partial charge is 0.331 e.